The van der Waals surface area contributed by atoms with Gasteiger partial charge in [0.05, 0.1) is 0 Å². The summed E-state index contributed by atoms with van der Waals surface area (Å²) in [6, 6.07) is 1.63. The van der Waals surface area contributed by atoms with Crippen LogP contribution in [0.1, 0.15) is 6.92 Å². The quantitative estimate of drug-likeness (QED) is 0.467. The number of anilines is 1. The smallest absolute Gasteiger partial charge is 0.190 e. The summed E-state index contributed by atoms with van der Waals surface area (Å²) in [7, 11) is -3.16. The summed E-state index contributed by atoms with van der Waals surface area (Å²) >= 11 is 9.04. The first-order valence-corrected chi connectivity index (χ1v) is 10.6. The highest BCUT2D eigenvalue weighted by Gasteiger charge is 2.34. The van der Waals surface area contributed by atoms with Gasteiger partial charge in [0.15, 0.2) is 15.0 Å². The van der Waals surface area contributed by atoms with E-state index in [0.717, 1.165) is 5.75 Å². The second-order valence-corrected chi connectivity index (χ2v) is 8.97. The molecule has 1 atom stereocenters. The Hall–Kier alpha value is -0.180. The number of aromatic nitrogens is 2. The summed E-state index contributed by atoms with van der Waals surface area (Å²) in [5, 5.41) is 0.357. The monoisotopic (exact) mass is 353 g/mol. The van der Waals surface area contributed by atoms with Crippen LogP contribution in [0.2, 0.25) is 5.15 Å². The summed E-state index contributed by atoms with van der Waals surface area (Å²) in [4.78, 5) is 10.3. The molecule has 0 saturated carbocycles. The van der Waals surface area contributed by atoms with Crippen molar-refractivity contribution in [3.05, 3.63) is 11.2 Å². The summed E-state index contributed by atoms with van der Waals surface area (Å²) in [5.41, 5.74) is 0. The summed E-state index contributed by atoms with van der Waals surface area (Å²) in [6.07, 6.45) is 1.86. The number of halogens is 1. The fourth-order valence-corrected chi connectivity index (χ4v) is 5.54. The van der Waals surface area contributed by atoms with E-state index in [1.54, 1.807) is 24.8 Å². The average Bonchev–Trinajstić information content (AvgIpc) is 2.46. The van der Waals surface area contributed by atoms with E-state index in [4.69, 9.17) is 11.6 Å². The van der Waals surface area contributed by atoms with Crippen molar-refractivity contribution < 1.29 is 8.42 Å². The zero-order valence-corrected chi connectivity index (χ0v) is 14.4. The molecule has 2 rings (SSSR count). The fraction of sp³-hybridized carbons (Fsp3) is 0.636. The van der Waals surface area contributed by atoms with Crippen LogP contribution in [-0.4, -0.2) is 53.8 Å². The maximum absolute atomic E-state index is 12.2. The third-order valence-corrected chi connectivity index (χ3v) is 7.07. The molecule has 1 aliphatic heterocycles. The van der Waals surface area contributed by atoms with Crippen LogP contribution in [0.3, 0.4) is 0 Å². The standard InChI is InChI=1S/C11H16ClN3O2S3/c1-3-20(16,17)10-7-19-5-4-15(10)9-6-8(12)13-11(14-9)18-2/h6,10H,3-5,7H2,1-2H3. The Balaban J connectivity index is 2.40. The predicted molar refractivity (Wildman–Crippen MR) is 86.7 cm³/mol. The van der Waals surface area contributed by atoms with Gasteiger partial charge in [0, 0.05) is 29.9 Å². The lowest BCUT2D eigenvalue weighted by molar-refractivity contribution is 0.578. The van der Waals surface area contributed by atoms with Crippen molar-refractivity contribution in [2.75, 3.05) is 35.0 Å². The lowest BCUT2D eigenvalue weighted by Gasteiger charge is -2.35. The molecule has 1 saturated heterocycles. The molecule has 2 heterocycles. The molecule has 1 aromatic heterocycles. The Bertz CT molecular complexity index is 582. The lowest BCUT2D eigenvalue weighted by atomic mass is 10.4. The van der Waals surface area contributed by atoms with Gasteiger partial charge >= 0.3 is 0 Å². The van der Waals surface area contributed by atoms with Gasteiger partial charge in [-0.3, -0.25) is 0 Å². The fourth-order valence-electron chi connectivity index (χ4n) is 1.96. The van der Waals surface area contributed by atoms with Crippen molar-refractivity contribution in [2.45, 2.75) is 17.5 Å². The van der Waals surface area contributed by atoms with Gasteiger partial charge in [-0.05, 0) is 6.26 Å². The van der Waals surface area contributed by atoms with Gasteiger partial charge in [0.2, 0.25) is 0 Å². The van der Waals surface area contributed by atoms with Crippen molar-refractivity contribution in [2.24, 2.45) is 0 Å². The molecule has 0 aromatic carbocycles. The Morgan fingerprint density at radius 2 is 2.30 bits per heavy atom. The third-order valence-electron chi connectivity index (χ3n) is 3.04. The molecule has 0 spiro atoms. The Kier molecular flexibility index (Phi) is 5.44. The van der Waals surface area contributed by atoms with Crippen molar-refractivity contribution in [3.8, 4) is 0 Å². The SMILES string of the molecule is CCS(=O)(=O)C1CSCCN1c1cc(Cl)nc(SC)n1. The highest BCUT2D eigenvalue weighted by molar-refractivity contribution is 8.01. The first-order chi connectivity index (χ1) is 9.47. The first-order valence-electron chi connectivity index (χ1n) is 6.12. The van der Waals surface area contributed by atoms with Gasteiger partial charge in [0.1, 0.15) is 16.3 Å². The van der Waals surface area contributed by atoms with E-state index < -0.39 is 15.2 Å². The molecule has 0 radical (unpaired) electrons. The molecule has 20 heavy (non-hydrogen) atoms. The van der Waals surface area contributed by atoms with Crippen LogP contribution in [0.5, 0.6) is 0 Å². The van der Waals surface area contributed by atoms with Gasteiger partial charge in [-0.1, -0.05) is 30.3 Å². The largest absolute Gasteiger partial charge is 0.338 e. The van der Waals surface area contributed by atoms with Crippen LogP contribution in [0.25, 0.3) is 0 Å². The van der Waals surface area contributed by atoms with E-state index in [9.17, 15) is 8.42 Å². The number of rotatable bonds is 4. The zero-order chi connectivity index (χ0) is 14.8. The minimum atomic E-state index is -3.16. The van der Waals surface area contributed by atoms with Gasteiger partial charge in [0.25, 0.3) is 0 Å². The van der Waals surface area contributed by atoms with Crippen LogP contribution in [0.15, 0.2) is 11.2 Å². The number of sulfone groups is 1. The minimum absolute atomic E-state index is 0.128. The molecule has 1 unspecified atom stereocenters. The average molecular weight is 354 g/mol. The second kappa shape index (κ2) is 6.72. The zero-order valence-electron chi connectivity index (χ0n) is 11.2. The molecule has 112 valence electrons. The van der Waals surface area contributed by atoms with Gasteiger partial charge in [-0.25, -0.2) is 18.4 Å². The molecule has 9 heteroatoms. The van der Waals surface area contributed by atoms with E-state index >= 15 is 0 Å². The predicted octanol–water partition coefficient (Wildman–Crippen LogP) is 2.17. The third kappa shape index (κ3) is 3.52. The molecule has 0 amide bonds. The van der Waals surface area contributed by atoms with E-state index in [1.807, 2.05) is 11.2 Å². The Morgan fingerprint density at radius 1 is 1.55 bits per heavy atom. The normalized spacial score (nSPS) is 20.1. The summed E-state index contributed by atoms with van der Waals surface area (Å²) in [5.74, 6) is 2.16. The van der Waals surface area contributed by atoms with Crippen molar-refractivity contribution in [3.63, 3.8) is 0 Å². The van der Waals surface area contributed by atoms with Gasteiger partial charge < -0.3 is 4.90 Å². The molecule has 1 aliphatic rings. The maximum atomic E-state index is 12.2. The molecule has 0 aliphatic carbocycles. The minimum Gasteiger partial charge on any atom is -0.338 e. The van der Waals surface area contributed by atoms with Crippen molar-refractivity contribution in [1.29, 1.82) is 0 Å². The highest BCUT2D eigenvalue weighted by Crippen LogP contribution is 2.28. The molecule has 0 N–H and O–H groups in total. The van der Waals surface area contributed by atoms with Crippen LogP contribution in [0, 0.1) is 0 Å². The highest BCUT2D eigenvalue weighted by atomic mass is 35.5. The number of hydrogen-bond donors (Lipinski definition) is 0. The van der Waals surface area contributed by atoms with Crippen LogP contribution < -0.4 is 4.90 Å². The van der Waals surface area contributed by atoms with Gasteiger partial charge in [-0.2, -0.15) is 11.8 Å². The molecular formula is C11H16ClN3O2S3. The molecule has 5 nitrogen and oxygen atoms in total. The number of nitrogens with zero attached hydrogens (tertiary/aromatic N) is 3. The van der Waals surface area contributed by atoms with Crippen LogP contribution >= 0.6 is 35.1 Å². The topological polar surface area (TPSA) is 63.2 Å². The van der Waals surface area contributed by atoms with E-state index in [2.05, 4.69) is 9.97 Å². The number of hydrogen-bond acceptors (Lipinski definition) is 7. The molecule has 1 fully saturated rings. The molecular weight excluding hydrogens is 338 g/mol. The van der Waals surface area contributed by atoms with Crippen molar-refractivity contribution >= 4 is 50.8 Å². The van der Waals surface area contributed by atoms with E-state index in [-0.39, 0.29) is 5.75 Å². The van der Waals surface area contributed by atoms with E-state index in [1.165, 1.54) is 11.8 Å². The van der Waals surface area contributed by atoms with E-state index in [0.29, 0.717) is 28.4 Å². The second-order valence-electron chi connectivity index (χ2n) is 4.21. The Labute approximate surface area is 132 Å². The number of thioether (sulfide) groups is 2. The molecule has 1 aromatic rings. The van der Waals surface area contributed by atoms with Crippen LogP contribution in [0.4, 0.5) is 5.82 Å². The lowest BCUT2D eigenvalue weighted by Crippen LogP contribution is -2.48. The van der Waals surface area contributed by atoms with Crippen LogP contribution in [-0.2, 0) is 9.84 Å². The first kappa shape index (κ1) is 16.2. The van der Waals surface area contributed by atoms with Crippen molar-refractivity contribution in [1.82, 2.24) is 9.97 Å². The maximum Gasteiger partial charge on any atom is 0.190 e. The van der Waals surface area contributed by atoms with Gasteiger partial charge in [-0.15, -0.1) is 0 Å². The Morgan fingerprint density at radius 3 is 2.95 bits per heavy atom. The molecule has 0 bridgehead atoms. The summed E-state index contributed by atoms with van der Waals surface area (Å²) < 4.78 is 24.5. The summed E-state index contributed by atoms with van der Waals surface area (Å²) in [6.45, 7) is 2.32.